The topological polar surface area (TPSA) is 73.6 Å². The highest BCUT2D eigenvalue weighted by atomic mass is 16.5. The van der Waals surface area contributed by atoms with Gasteiger partial charge in [0.05, 0.1) is 13.7 Å². The Balaban J connectivity index is 1.74. The van der Waals surface area contributed by atoms with E-state index < -0.39 is 0 Å². The highest BCUT2D eigenvalue weighted by molar-refractivity contribution is 5.97. The molecule has 6 heteroatoms. The van der Waals surface area contributed by atoms with Crippen LogP contribution in [0.5, 0.6) is 11.5 Å². The molecule has 0 fully saturated rings. The molecule has 27 heavy (non-hydrogen) atoms. The Morgan fingerprint density at radius 1 is 1.19 bits per heavy atom. The van der Waals surface area contributed by atoms with Gasteiger partial charge in [-0.25, -0.2) is 4.98 Å². The van der Waals surface area contributed by atoms with Gasteiger partial charge in [0.1, 0.15) is 0 Å². The van der Waals surface area contributed by atoms with E-state index in [2.05, 4.69) is 10.3 Å². The Bertz CT molecular complexity index is 933. The summed E-state index contributed by atoms with van der Waals surface area (Å²) in [7, 11) is 1.59. The maximum Gasteiger partial charge on any atom is 0.274 e. The summed E-state index contributed by atoms with van der Waals surface area (Å²) >= 11 is 0. The highest BCUT2D eigenvalue weighted by Crippen LogP contribution is 2.28. The lowest BCUT2D eigenvalue weighted by Crippen LogP contribution is -2.23. The summed E-state index contributed by atoms with van der Waals surface area (Å²) in [4.78, 5) is 16.7. The minimum absolute atomic E-state index is 0.263. The lowest BCUT2D eigenvalue weighted by atomic mass is 10.1. The van der Waals surface area contributed by atoms with Crippen molar-refractivity contribution < 1.29 is 18.7 Å². The third kappa shape index (κ3) is 4.28. The lowest BCUT2D eigenvalue weighted by Gasteiger charge is -2.11. The summed E-state index contributed by atoms with van der Waals surface area (Å²) in [5, 5.41) is 2.88. The van der Waals surface area contributed by atoms with Gasteiger partial charge in [0.2, 0.25) is 0 Å². The Morgan fingerprint density at radius 2 is 2.04 bits per heavy atom. The van der Waals surface area contributed by atoms with E-state index in [4.69, 9.17) is 13.9 Å². The van der Waals surface area contributed by atoms with Gasteiger partial charge in [-0.2, -0.15) is 0 Å². The van der Waals surface area contributed by atoms with Crippen molar-refractivity contribution in [3.8, 4) is 22.8 Å². The average molecular weight is 366 g/mol. The maximum atomic E-state index is 12.6. The molecule has 1 N–H and O–H groups in total. The molecule has 0 unspecified atom stereocenters. The number of rotatable bonds is 7. The van der Waals surface area contributed by atoms with Crippen LogP contribution in [0.3, 0.4) is 0 Å². The summed E-state index contributed by atoms with van der Waals surface area (Å²) in [6.45, 7) is 4.76. The molecule has 1 amide bonds. The molecule has 0 saturated carbocycles. The molecule has 0 aliphatic rings. The number of amides is 1. The molecule has 1 aromatic heterocycles. The van der Waals surface area contributed by atoms with E-state index >= 15 is 0 Å². The van der Waals surface area contributed by atoms with Crippen LogP contribution in [-0.4, -0.2) is 24.6 Å². The number of nitrogens with zero attached hydrogens (tertiary/aromatic N) is 1. The molecule has 0 saturated heterocycles. The van der Waals surface area contributed by atoms with Crippen molar-refractivity contribution in [1.82, 2.24) is 10.3 Å². The van der Waals surface area contributed by atoms with Crippen molar-refractivity contribution in [3.05, 3.63) is 65.7 Å². The Labute approximate surface area is 158 Å². The molecule has 3 aromatic rings. The van der Waals surface area contributed by atoms with Gasteiger partial charge in [-0.3, -0.25) is 4.79 Å². The molecule has 0 atom stereocenters. The van der Waals surface area contributed by atoms with Crippen LogP contribution in [-0.2, 0) is 6.54 Å². The molecule has 0 aliphatic carbocycles. The molecule has 0 bridgehead atoms. The van der Waals surface area contributed by atoms with Gasteiger partial charge < -0.3 is 19.2 Å². The van der Waals surface area contributed by atoms with E-state index in [-0.39, 0.29) is 11.6 Å². The Hall–Kier alpha value is -3.28. The normalized spacial score (nSPS) is 10.5. The predicted molar refractivity (Wildman–Crippen MR) is 102 cm³/mol. The van der Waals surface area contributed by atoms with Crippen molar-refractivity contribution in [2.75, 3.05) is 13.7 Å². The number of aryl methyl sites for hydroxylation is 1. The van der Waals surface area contributed by atoms with Crippen molar-refractivity contribution in [1.29, 1.82) is 0 Å². The number of hydrogen-bond donors (Lipinski definition) is 1. The first-order valence-corrected chi connectivity index (χ1v) is 8.70. The van der Waals surface area contributed by atoms with E-state index in [9.17, 15) is 4.79 Å². The first kappa shape index (κ1) is 18.5. The zero-order chi connectivity index (χ0) is 19.2. The lowest BCUT2D eigenvalue weighted by molar-refractivity contribution is 0.0946. The average Bonchev–Trinajstić information content (AvgIpc) is 3.16. The number of hydrogen-bond acceptors (Lipinski definition) is 5. The summed E-state index contributed by atoms with van der Waals surface area (Å²) in [5.74, 6) is 1.47. The molecule has 0 radical (unpaired) electrons. The SMILES string of the molecule is CCOc1cc(CNC(=O)c2ncoc2-c2cccc(C)c2)ccc1OC. The molecule has 1 heterocycles. The fourth-order valence-electron chi connectivity index (χ4n) is 2.76. The van der Waals surface area contributed by atoms with Crippen LogP contribution in [0.1, 0.15) is 28.5 Å². The first-order chi connectivity index (χ1) is 13.1. The number of ether oxygens (including phenoxy) is 2. The number of carbonyl (C=O) groups is 1. The van der Waals surface area contributed by atoms with Crippen molar-refractivity contribution in [2.45, 2.75) is 20.4 Å². The third-order valence-corrected chi connectivity index (χ3v) is 4.04. The zero-order valence-corrected chi connectivity index (χ0v) is 15.6. The van der Waals surface area contributed by atoms with Crippen LogP contribution in [0.15, 0.2) is 53.3 Å². The largest absolute Gasteiger partial charge is 0.493 e. The number of oxazole rings is 1. The van der Waals surface area contributed by atoms with Gasteiger partial charge in [-0.15, -0.1) is 0 Å². The van der Waals surface area contributed by atoms with Crippen LogP contribution in [0, 0.1) is 6.92 Å². The summed E-state index contributed by atoms with van der Waals surface area (Å²) in [6, 6.07) is 13.3. The molecule has 3 rings (SSSR count). The summed E-state index contributed by atoms with van der Waals surface area (Å²) < 4.78 is 16.3. The number of benzene rings is 2. The molecule has 0 spiro atoms. The fourth-order valence-corrected chi connectivity index (χ4v) is 2.76. The number of methoxy groups -OCH3 is 1. The molecular formula is C21H22N2O4. The van der Waals surface area contributed by atoms with E-state index in [1.54, 1.807) is 7.11 Å². The quantitative estimate of drug-likeness (QED) is 0.684. The smallest absolute Gasteiger partial charge is 0.274 e. The summed E-state index contributed by atoms with van der Waals surface area (Å²) in [6.07, 6.45) is 1.28. The minimum atomic E-state index is -0.297. The molecule has 2 aromatic carbocycles. The van der Waals surface area contributed by atoms with E-state index in [0.29, 0.717) is 30.4 Å². The van der Waals surface area contributed by atoms with Crippen molar-refractivity contribution in [2.24, 2.45) is 0 Å². The third-order valence-electron chi connectivity index (χ3n) is 4.04. The van der Waals surface area contributed by atoms with Crippen LogP contribution in [0.2, 0.25) is 0 Å². The van der Waals surface area contributed by atoms with E-state index in [1.165, 1.54) is 6.39 Å². The fraction of sp³-hybridized carbons (Fsp3) is 0.238. The van der Waals surface area contributed by atoms with Gasteiger partial charge in [-0.05, 0) is 37.6 Å². The Morgan fingerprint density at radius 3 is 2.78 bits per heavy atom. The number of aromatic nitrogens is 1. The first-order valence-electron chi connectivity index (χ1n) is 8.70. The highest BCUT2D eigenvalue weighted by Gasteiger charge is 2.18. The predicted octanol–water partition coefficient (Wildman–Crippen LogP) is 3.99. The van der Waals surface area contributed by atoms with Gasteiger partial charge in [0.25, 0.3) is 5.91 Å². The standard InChI is InChI=1S/C21H22N2O4/c1-4-26-18-11-15(8-9-17(18)25-3)12-22-21(24)19-20(27-13-23-19)16-7-5-6-14(2)10-16/h5-11,13H,4,12H2,1-3H3,(H,22,24). The second-order valence-electron chi connectivity index (χ2n) is 6.00. The van der Waals surface area contributed by atoms with Crippen LogP contribution < -0.4 is 14.8 Å². The number of carbonyl (C=O) groups excluding carboxylic acids is 1. The van der Waals surface area contributed by atoms with Crippen LogP contribution in [0.25, 0.3) is 11.3 Å². The van der Waals surface area contributed by atoms with Gasteiger partial charge in [0, 0.05) is 12.1 Å². The van der Waals surface area contributed by atoms with E-state index in [0.717, 1.165) is 16.7 Å². The van der Waals surface area contributed by atoms with Crippen LogP contribution >= 0.6 is 0 Å². The zero-order valence-electron chi connectivity index (χ0n) is 15.6. The monoisotopic (exact) mass is 366 g/mol. The number of nitrogens with one attached hydrogen (secondary N) is 1. The van der Waals surface area contributed by atoms with Gasteiger partial charge in [-0.1, -0.05) is 29.8 Å². The molecular weight excluding hydrogens is 344 g/mol. The second kappa shape index (κ2) is 8.40. The summed E-state index contributed by atoms with van der Waals surface area (Å²) in [5.41, 5.74) is 3.06. The van der Waals surface area contributed by atoms with Gasteiger partial charge in [0.15, 0.2) is 29.3 Å². The maximum absolute atomic E-state index is 12.6. The van der Waals surface area contributed by atoms with Crippen molar-refractivity contribution in [3.63, 3.8) is 0 Å². The Kier molecular flexibility index (Phi) is 5.76. The van der Waals surface area contributed by atoms with Gasteiger partial charge >= 0.3 is 0 Å². The molecule has 6 nitrogen and oxygen atoms in total. The minimum Gasteiger partial charge on any atom is -0.493 e. The molecule has 140 valence electrons. The molecule has 0 aliphatic heterocycles. The van der Waals surface area contributed by atoms with Crippen molar-refractivity contribution >= 4 is 5.91 Å². The second-order valence-corrected chi connectivity index (χ2v) is 6.00. The van der Waals surface area contributed by atoms with E-state index in [1.807, 2.05) is 56.3 Å². The van der Waals surface area contributed by atoms with Crippen LogP contribution in [0.4, 0.5) is 0 Å².